The smallest absolute Gasteiger partial charge is 0.265 e. The van der Waals surface area contributed by atoms with Crippen LogP contribution in [0.1, 0.15) is 27.0 Å². The molecule has 1 aliphatic heterocycles. The van der Waals surface area contributed by atoms with Crippen molar-refractivity contribution in [3.63, 3.8) is 0 Å². The quantitative estimate of drug-likeness (QED) is 0.619. The van der Waals surface area contributed by atoms with Gasteiger partial charge in [-0.1, -0.05) is 24.3 Å². The van der Waals surface area contributed by atoms with E-state index in [2.05, 4.69) is 11.9 Å². The first kappa shape index (κ1) is 21.2. The van der Waals surface area contributed by atoms with E-state index in [0.29, 0.717) is 35.2 Å². The maximum Gasteiger partial charge on any atom is 0.265 e. The zero-order valence-corrected chi connectivity index (χ0v) is 17.4. The molecule has 1 amide bonds. The topological polar surface area (TPSA) is 32.3 Å². The van der Waals surface area contributed by atoms with Crippen LogP contribution in [0.4, 0.5) is 18.9 Å². The predicted octanol–water partition coefficient (Wildman–Crippen LogP) is 6.19. The van der Waals surface area contributed by atoms with Crippen LogP contribution >= 0.6 is 22.9 Å². The largest absolute Gasteiger partial charge is 0.374 e. The molecule has 2 heterocycles. The number of hydrogen-bond donors (Lipinski definition) is 1. The summed E-state index contributed by atoms with van der Waals surface area (Å²) in [5.41, 5.74) is 1.84. The van der Waals surface area contributed by atoms with E-state index in [9.17, 15) is 18.0 Å². The first-order valence-electron chi connectivity index (χ1n) is 8.74. The number of anilines is 1. The Morgan fingerprint density at radius 1 is 1.34 bits per heavy atom. The van der Waals surface area contributed by atoms with Crippen LogP contribution in [0.5, 0.6) is 0 Å². The lowest BCUT2D eigenvalue weighted by atomic mass is 10.1. The highest BCUT2D eigenvalue weighted by Crippen LogP contribution is 2.37. The third-order valence-corrected chi connectivity index (χ3v) is 6.07. The Hall–Kier alpha value is -2.51. The number of likely N-dealkylation sites (N-methyl/N-ethyl adjacent to an activating group) is 1. The van der Waals surface area contributed by atoms with Crippen molar-refractivity contribution in [2.45, 2.75) is 13.3 Å². The number of fused-ring (bicyclic) bond motifs is 1. The van der Waals surface area contributed by atoms with Crippen molar-refractivity contribution in [2.24, 2.45) is 0 Å². The van der Waals surface area contributed by atoms with Gasteiger partial charge < -0.3 is 10.2 Å². The van der Waals surface area contributed by atoms with Gasteiger partial charge in [-0.15, -0.1) is 11.3 Å². The lowest BCUT2D eigenvalue weighted by Gasteiger charge is -2.20. The molecule has 1 aliphatic rings. The van der Waals surface area contributed by atoms with Gasteiger partial charge in [0, 0.05) is 35.8 Å². The van der Waals surface area contributed by atoms with E-state index in [1.807, 2.05) is 11.9 Å². The molecule has 1 aromatic heterocycles. The maximum absolute atomic E-state index is 14.0. The molecule has 152 valence electrons. The molecule has 0 saturated heterocycles. The van der Waals surface area contributed by atoms with E-state index in [1.54, 1.807) is 13.0 Å². The van der Waals surface area contributed by atoms with E-state index in [1.165, 1.54) is 23.5 Å². The van der Waals surface area contributed by atoms with Crippen LogP contribution in [0.2, 0.25) is 5.02 Å². The lowest BCUT2D eigenvalue weighted by molar-refractivity contribution is 0.103. The number of rotatable bonds is 3. The van der Waals surface area contributed by atoms with Gasteiger partial charge in [-0.05, 0) is 37.1 Å². The molecule has 0 aliphatic carbocycles. The van der Waals surface area contributed by atoms with E-state index < -0.39 is 17.5 Å². The van der Waals surface area contributed by atoms with Crippen LogP contribution in [0.25, 0.3) is 5.57 Å². The van der Waals surface area contributed by atoms with E-state index in [-0.39, 0.29) is 16.5 Å². The third-order valence-electron chi connectivity index (χ3n) is 4.54. The first-order valence-corrected chi connectivity index (χ1v) is 9.93. The number of nitrogens with one attached hydrogen (secondary N) is 1. The van der Waals surface area contributed by atoms with Crippen molar-refractivity contribution in [3.8, 4) is 0 Å². The minimum atomic E-state index is -0.959. The number of hydrogen-bond acceptors (Lipinski definition) is 3. The highest BCUT2D eigenvalue weighted by Gasteiger charge is 2.24. The van der Waals surface area contributed by atoms with Crippen LogP contribution in [-0.4, -0.2) is 24.4 Å². The molecule has 0 atom stereocenters. The molecule has 29 heavy (non-hydrogen) atoms. The number of halogens is 4. The molecule has 1 aromatic carbocycles. The summed E-state index contributed by atoms with van der Waals surface area (Å²) in [7, 11) is 1.85. The zero-order valence-electron chi connectivity index (χ0n) is 15.8. The molecule has 3 nitrogen and oxygen atoms in total. The van der Waals surface area contributed by atoms with Gasteiger partial charge in [-0.25, -0.2) is 13.2 Å². The second-order valence-corrected chi connectivity index (χ2v) is 7.98. The Kier molecular flexibility index (Phi) is 6.19. The van der Waals surface area contributed by atoms with E-state index in [4.69, 9.17) is 11.6 Å². The molecule has 1 N–H and O–H groups in total. The van der Waals surface area contributed by atoms with Crippen molar-refractivity contribution in [2.75, 3.05) is 18.9 Å². The van der Waals surface area contributed by atoms with Crippen LogP contribution in [0, 0.1) is 11.6 Å². The lowest BCUT2D eigenvalue weighted by Crippen LogP contribution is -2.19. The molecule has 0 radical (unpaired) electrons. The molecular formula is C21H18ClF3N2OS. The number of thiophene rings is 1. The number of carbonyl (C=O) groups excluding carboxylic acids is 1. The van der Waals surface area contributed by atoms with Crippen LogP contribution in [0.3, 0.4) is 0 Å². The number of amides is 1. The molecule has 2 aromatic rings. The number of nitrogens with zero attached hydrogens (tertiary/aromatic N) is 1. The summed E-state index contributed by atoms with van der Waals surface area (Å²) in [6.45, 7) is 6.30. The Balaban J connectivity index is 1.93. The fraction of sp³-hybridized carbons (Fsp3) is 0.190. The maximum atomic E-state index is 14.0. The molecule has 0 bridgehead atoms. The third kappa shape index (κ3) is 4.41. The van der Waals surface area contributed by atoms with Gasteiger partial charge in [0.1, 0.15) is 11.6 Å². The average molecular weight is 439 g/mol. The molecule has 0 saturated carbocycles. The van der Waals surface area contributed by atoms with Gasteiger partial charge in [0.05, 0.1) is 15.6 Å². The number of benzene rings is 1. The Morgan fingerprint density at radius 3 is 2.72 bits per heavy atom. The monoisotopic (exact) mass is 438 g/mol. The van der Waals surface area contributed by atoms with Gasteiger partial charge >= 0.3 is 0 Å². The van der Waals surface area contributed by atoms with Crippen molar-refractivity contribution in [1.82, 2.24) is 4.90 Å². The normalized spacial score (nSPS) is 16.1. The van der Waals surface area contributed by atoms with E-state index >= 15 is 0 Å². The Bertz CT molecular complexity index is 1040. The molecule has 3 rings (SSSR count). The fourth-order valence-corrected chi connectivity index (χ4v) is 4.31. The van der Waals surface area contributed by atoms with Gasteiger partial charge in [0.25, 0.3) is 5.91 Å². The fourth-order valence-electron chi connectivity index (χ4n) is 2.99. The summed E-state index contributed by atoms with van der Waals surface area (Å²) in [6, 6.07) is 3.28. The second-order valence-electron chi connectivity index (χ2n) is 6.52. The highest BCUT2D eigenvalue weighted by atomic mass is 35.5. The average Bonchev–Trinajstić information content (AvgIpc) is 3.06. The predicted molar refractivity (Wildman–Crippen MR) is 112 cm³/mol. The summed E-state index contributed by atoms with van der Waals surface area (Å²) < 4.78 is 41.0. The van der Waals surface area contributed by atoms with Gasteiger partial charge in [0.15, 0.2) is 5.82 Å². The SMILES string of the molecule is C=C1/C(=C\C(F)=C/C)N(C)CCc2cc(C(=O)Nc3c(F)cc(F)cc3Cl)sc21. The molecule has 0 spiro atoms. The number of carbonyl (C=O) groups is 1. The molecule has 0 unspecified atom stereocenters. The number of allylic oxidation sites excluding steroid dienone is 4. The highest BCUT2D eigenvalue weighted by molar-refractivity contribution is 7.15. The summed E-state index contributed by atoms with van der Waals surface area (Å²) in [5, 5.41) is 2.17. The first-order chi connectivity index (χ1) is 13.7. The van der Waals surface area contributed by atoms with Crippen molar-refractivity contribution in [3.05, 3.63) is 80.4 Å². The van der Waals surface area contributed by atoms with Crippen LogP contribution in [-0.2, 0) is 6.42 Å². The second kappa shape index (κ2) is 8.47. The van der Waals surface area contributed by atoms with Gasteiger partial charge in [-0.2, -0.15) is 0 Å². The molecule has 0 fully saturated rings. The molecule has 8 heteroatoms. The summed E-state index contributed by atoms with van der Waals surface area (Å²) in [4.78, 5) is 15.6. The van der Waals surface area contributed by atoms with Crippen molar-refractivity contribution >= 4 is 40.1 Å². The van der Waals surface area contributed by atoms with Crippen LogP contribution in [0.15, 0.2) is 48.5 Å². The van der Waals surface area contributed by atoms with Gasteiger partial charge in [0.2, 0.25) is 0 Å². The van der Waals surface area contributed by atoms with Crippen molar-refractivity contribution in [1.29, 1.82) is 0 Å². The summed E-state index contributed by atoms with van der Waals surface area (Å²) in [6.07, 6.45) is 3.40. The van der Waals surface area contributed by atoms with E-state index in [0.717, 1.165) is 16.5 Å². The van der Waals surface area contributed by atoms with Crippen LogP contribution < -0.4 is 5.32 Å². The molecular weight excluding hydrogens is 421 g/mol. The van der Waals surface area contributed by atoms with Crippen molar-refractivity contribution < 1.29 is 18.0 Å². The summed E-state index contributed by atoms with van der Waals surface area (Å²) >= 11 is 7.03. The minimum Gasteiger partial charge on any atom is -0.374 e. The Morgan fingerprint density at radius 2 is 2.07 bits per heavy atom. The zero-order chi connectivity index (χ0) is 21.3. The van der Waals surface area contributed by atoms with Gasteiger partial charge in [-0.3, -0.25) is 4.79 Å². The Labute approximate surface area is 175 Å². The summed E-state index contributed by atoms with van der Waals surface area (Å²) in [5.74, 6) is -2.74. The minimum absolute atomic E-state index is 0.230. The standard InChI is InChI=1S/C21H18ClF3N2OS/c1-4-13(23)10-17-11(2)20-12(5-6-27(17)3)7-18(29-20)21(28)26-19-15(22)8-14(24)9-16(19)25/h4,7-10H,2,5-6H2,1,3H3,(H,26,28)/b13-4+,17-10+.